The van der Waals surface area contributed by atoms with Gasteiger partial charge in [0, 0.05) is 6.42 Å². The lowest BCUT2D eigenvalue weighted by atomic mass is 9.81. The summed E-state index contributed by atoms with van der Waals surface area (Å²) in [5.74, 6) is 1.89. The number of ether oxygens (including phenoxy) is 2. The van der Waals surface area contributed by atoms with Crippen molar-refractivity contribution >= 4 is 5.78 Å². The number of carbonyl (C=O) groups excluding carboxylic acids is 1. The van der Waals surface area contributed by atoms with Crippen LogP contribution in [0.2, 0.25) is 0 Å². The summed E-state index contributed by atoms with van der Waals surface area (Å²) in [4.78, 5) is 12.2. The summed E-state index contributed by atoms with van der Waals surface area (Å²) >= 11 is 0. The van der Waals surface area contributed by atoms with Gasteiger partial charge in [-0.1, -0.05) is 25.3 Å². The van der Waals surface area contributed by atoms with Gasteiger partial charge in [0.15, 0.2) is 5.78 Å². The van der Waals surface area contributed by atoms with Crippen LogP contribution in [-0.4, -0.2) is 20.0 Å². The van der Waals surface area contributed by atoms with Gasteiger partial charge in [0.2, 0.25) is 0 Å². The summed E-state index contributed by atoms with van der Waals surface area (Å²) in [5, 5.41) is 0. The molecule has 92 valence electrons. The molecular formula is C14H18O3. The summed E-state index contributed by atoms with van der Waals surface area (Å²) in [7, 11) is 3.16. The van der Waals surface area contributed by atoms with Crippen molar-refractivity contribution in [2.24, 2.45) is 5.92 Å². The maximum atomic E-state index is 12.2. The molecule has 0 atom stereocenters. The molecule has 0 amide bonds. The van der Waals surface area contributed by atoms with Crippen LogP contribution in [0.1, 0.15) is 36.0 Å². The first kappa shape index (κ1) is 12.0. The van der Waals surface area contributed by atoms with E-state index in [2.05, 4.69) is 0 Å². The molecule has 0 heterocycles. The molecule has 3 heteroatoms. The molecule has 3 nitrogen and oxygen atoms in total. The predicted octanol–water partition coefficient (Wildman–Crippen LogP) is 3.08. The van der Waals surface area contributed by atoms with Crippen LogP contribution in [0, 0.1) is 5.92 Å². The Morgan fingerprint density at radius 3 is 2.24 bits per heavy atom. The fraction of sp³-hybridized carbons (Fsp3) is 0.500. The molecule has 2 rings (SSSR count). The summed E-state index contributed by atoms with van der Waals surface area (Å²) < 4.78 is 10.5. The maximum Gasteiger partial charge on any atom is 0.170 e. The number of carbonyl (C=O) groups is 1. The van der Waals surface area contributed by atoms with Gasteiger partial charge in [-0.05, 0) is 18.1 Å². The largest absolute Gasteiger partial charge is 0.496 e. The van der Waals surface area contributed by atoms with Gasteiger partial charge in [-0.25, -0.2) is 0 Å². The lowest BCUT2D eigenvalue weighted by Crippen LogP contribution is -2.17. The van der Waals surface area contributed by atoms with Crippen molar-refractivity contribution < 1.29 is 14.3 Å². The molecule has 0 aromatic heterocycles. The van der Waals surface area contributed by atoms with Crippen molar-refractivity contribution in [3.63, 3.8) is 0 Å². The van der Waals surface area contributed by atoms with Crippen LogP contribution in [-0.2, 0) is 0 Å². The second-order valence-corrected chi connectivity index (χ2v) is 4.46. The van der Waals surface area contributed by atoms with Crippen molar-refractivity contribution in [3.05, 3.63) is 23.8 Å². The summed E-state index contributed by atoms with van der Waals surface area (Å²) in [5.41, 5.74) is 0.587. The number of ketones is 1. The molecule has 1 aromatic rings. The van der Waals surface area contributed by atoms with E-state index in [4.69, 9.17) is 9.47 Å². The molecule has 0 bridgehead atoms. The van der Waals surface area contributed by atoms with E-state index in [1.807, 2.05) is 6.07 Å². The first-order valence-electron chi connectivity index (χ1n) is 6.00. The van der Waals surface area contributed by atoms with E-state index >= 15 is 0 Å². The molecule has 1 aliphatic rings. The van der Waals surface area contributed by atoms with E-state index in [0.717, 1.165) is 0 Å². The van der Waals surface area contributed by atoms with Crippen molar-refractivity contribution in [1.82, 2.24) is 0 Å². The van der Waals surface area contributed by atoms with Gasteiger partial charge in [0.1, 0.15) is 17.1 Å². The zero-order valence-electron chi connectivity index (χ0n) is 10.4. The standard InChI is InChI=1S/C14H18O3/c1-16-12-7-4-8-13(17-2)14(12)11(15)9-10-5-3-6-10/h4,7-8,10H,3,5-6,9H2,1-2H3. The smallest absolute Gasteiger partial charge is 0.170 e. The van der Waals surface area contributed by atoms with Crippen LogP contribution in [0.25, 0.3) is 0 Å². The molecule has 1 fully saturated rings. The Morgan fingerprint density at radius 2 is 1.82 bits per heavy atom. The first-order chi connectivity index (χ1) is 8.26. The normalized spacial score (nSPS) is 15.2. The number of hydrogen-bond donors (Lipinski definition) is 0. The highest BCUT2D eigenvalue weighted by Crippen LogP contribution is 2.35. The molecule has 0 unspecified atom stereocenters. The van der Waals surface area contributed by atoms with E-state index in [1.54, 1.807) is 26.4 Å². The van der Waals surface area contributed by atoms with Crippen molar-refractivity contribution in [3.8, 4) is 11.5 Å². The second-order valence-electron chi connectivity index (χ2n) is 4.46. The van der Waals surface area contributed by atoms with Crippen LogP contribution in [0.4, 0.5) is 0 Å². The third-order valence-electron chi connectivity index (χ3n) is 3.41. The highest BCUT2D eigenvalue weighted by atomic mass is 16.5. The number of benzene rings is 1. The van der Waals surface area contributed by atoms with Gasteiger partial charge in [-0.3, -0.25) is 4.79 Å². The Balaban J connectivity index is 2.24. The number of methoxy groups -OCH3 is 2. The molecule has 1 aromatic carbocycles. The highest BCUT2D eigenvalue weighted by Gasteiger charge is 2.25. The fourth-order valence-electron chi connectivity index (χ4n) is 2.19. The molecule has 0 saturated heterocycles. The van der Waals surface area contributed by atoms with Gasteiger partial charge in [0.05, 0.1) is 14.2 Å². The van der Waals surface area contributed by atoms with E-state index < -0.39 is 0 Å². The minimum absolute atomic E-state index is 0.129. The van der Waals surface area contributed by atoms with Crippen molar-refractivity contribution in [2.45, 2.75) is 25.7 Å². The second kappa shape index (κ2) is 5.21. The lowest BCUT2D eigenvalue weighted by molar-refractivity contribution is 0.0930. The Kier molecular flexibility index (Phi) is 3.67. The van der Waals surface area contributed by atoms with Gasteiger partial charge in [0.25, 0.3) is 0 Å². The molecule has 0 spiro atoms. The first-order valence-corrected chi connectivity index (χ1v) is 6.00. The van der Waals surface area contributed by atoms with Crippen LogP contribution >= 0.6 is 0 Å². The van der Waals surface area contributed by atoms with Gasteiger partial charge >= 0.3 is 0 Å². The Labute approximate surface area is 102 Å². The molecular weight excluding hydrogens is 216 g/mol. The van der Waals surface area contributed by atoms with Crippen LogP contribution in [0.3, 0.4) is 0 Å². The maximum absolute atomic E-state index is 12.2. The number of hydrogen-bond acceptors (Lipinski definition) is 3. The van der Waals surface area contributed by atoms with Crippen LogP contribution in [0.15, 0.2) is 18.2 Å². The summed E-state index contributed by atoms with van der Waals surface area (Å²) in [6, 6.07) is 5.44. The van der Waals surface area contributed by atoms with Crippen molar-refractivity contribution in [1.29, 1.82) is 0 Å². The van der Waals surface area contributed by atoms with Crippen LogP contribution < -0.4 is 9.47 Å². The molecule has 1 saturated carbocycles. The average Bonchev–Trinajstić information content (AvgIpc) is 2.32. The van der Waals surface area contributed by atoms with Crippen LogP contribution in [0.5, 0.6) is 11.5 Å². The average molecular weight is 234 g/mol. The van der Waals surface area contributed by atoms with Gasteiger partial charge in [-0.2, -0.15) is 0 Å². The van der Waals surface area contributed by atoms with E-state index in [-0.39, 0.29) is 5.78 Å². The minimum Gasteiger partial charge on any atom is -0.496 e. The molecule has 17 heavy (non-hydrogen) atoms. The molecule has 1 aliphatic carbocycles. The number of rotatable bonds is 5. The lowest BCUT2D eigenvalue weighted by Gasteiger charge is -2.25. The summed E-state index contributed by atoms with van der Waals surface area (Å²) in [6.07, 6.45) is 4.20. The fourth-order valence-corrected chi connectivity index (χ4v) is 2.19. The highest BCUT2D eigenvalue weighted by molar-refractivity contribution is 6.01. The zero-order valence-corrected chi connectivity index (χ0v) is 10.4. The third kappa shape index (κ3) is 2.43. The Morgan fingerprint density at radius 1 is 1.24 bits per heavy atom. The molecule has 0 N–H and O–H groups in total. The predicted molar refractivity (Wildman–Crippen MR) is 65.8 cm³/mol. The van der Waals surface area contributed by atoms with E-state index in [1.165, 1.54) is 19.3 Å². The zero-order chi connectivity index (χ0) is 12.3. The third-order valence-corrected chi connectivity index (χ3v) is 3.41. The summed E-state index contributed by atoms with van der Waals surface area (Å²) in [6.45, 7) is 0. The SMILES string of the molecule is COc1cccc(OC)c1C(=O)CC1CCC1. The molecule has 0 aliphatic heterocycles. The monoisotopic (exact) mass is 234 g/mol. The van der Waals surface area contributed by atoms with Gasteiger partial charge < -0.3 is 9.47 Å². The van der Waals surface area contributed by atoms with Gasteiger partial charge in [-0.15, -0.1) is 0 Å². The minimum atomic E-state index is 0.129. The molecule has 0 radical (unpaired) electrons. The van der Waals surface area contributed by atoms with Crippen molar-refractivity contribution in [2.75, 3.05) is 14.2 Å². The quantitative estimate of drug-likeness (QED) is 0.734. The topological polar surface area (TPSA) is 35.5 Å². The number of Topliss-reactive ketones (excluding diaryl/α,β-unsaturated/α-hetero) is 1. The van der Waals surface area contributed by atoms with E-state index in [0.29, 0.717) is 29.4 Å². The van der Waals surface area contributed by atoms with E-state index in [9.17, 15) is 4.79 Å². The Bertz CT molecular complexity index is 386. The Hall–Kier alpha value is -1.51.